The van der Waals surface area contributed by atoms with Gasteiger partial charge in [-0.3, -0.25) is 0 Å². The lowest BCUT2D eigenvalue weighted by atomic mass is 10.2. The maximum Gasteiger partial charge on any atom is 0.347 e. The van der Waals surface area contributed by atoms with E-state index in [0.29, 0.717) is 18.8 Å². The highest BCUT2D eigenvalue weighted by atomic mass is 16.6. The van der Waals surface area contributed by atoms with Crippen LogP contribution in [0.5, 0.6) is 5.75 Å². The van der Waals surface area contributed by atoms with Crippen LogP contribution in [0, 0.1) is 0 Å². The number of para-hydroxylation sites is 1. The zero-order valence-corrected chi connectivity index (χ0v) is 10.2. The summed E-state index contributed by atoms with van der Waals surface area (Å²) in [5.74, 6) is 0.316. The molecule has 1 aromatic rings. The molecule has 4 nitrogen and oxygen atoms in total. The molecule has 0 heterocycles. The van der Waals surface area contributed by atoms with Crippen molar-refractivity contribution in [3.63, 3.8) is 0 Å². The largest absolute Gasteiger partial charge is 0.479 e. The zero-order chi connectivity index (χ0) is 12.5. The van der Waals surface area contributed by atoms with E-state index in [2.05, 4.69) is 0 Å². The van der Waals surface area contributed by atoms with Crippen LogP contribution in [0.3, 0.4) is 0 Å². The Balaban J connectivity index is 2.45. The fourth-order valence-corrected chi connectivity index (χ4v) is 1.28. The molecular formula is C13H18O4. The van der Waals surface area contributed by atoms with Gasteiger partial charge < -0.3 is 14.2 Å². The first-order valence-corrected chi connectivity index (χ1v) is 5.65. The van der Waals surface area contributed by atoms with Crippen molar-refractivity contribution in [1.29, 1.82) is 0 Å². The summed E-state index contributed by atoms with van der Waals surface area (Å²) >= 11 is 0. The quantitative estimate of drug-likeness (QED) is 0.538. The first-order chi connectivity index (χ1) is 8.27. The van der Waals surface area contributed by atoms with Gasteiger partial charge in [-0.15, -0.1) is 0 Å². The van der Waals surface area contributed by atoms with Crippen LogP contribution in [0.25, 0.3) is 0 Å². The summed E-state index contributed by atoms with van der Waals surface area (Å²) in [5.41, 5.74) is 0. The normalized spacial score (nSPS) is 11.9. The smallest absolute Gasteiger partial charge is 0.347 e. The molecule has 94 valence electrons. The molecule has 0 N–H and O–H groups in total. The van der Waals surface area contributed by atoms with Crippen LogP contribution in [-0.4, -0.2) is 32.4 Å². The molecule has 1 aromatic carbocycles. The third kappa shape index (κ3) is 4.87. The summed E-state index contributed by atoms with van der Waals surface area (Å²) in [7, 11) is 1.56. The van der Waals surface area contributed by atoms with Crippen molar-refractivity contribution in [2.75, 3.05) is 20.3 Å². The fourth-order valence-electron chi connectivity index (χ4n) is 1.28. The van der Waals surface area contributed by atoms with Gasteiger partial charge in [0.25, 0.3) is 0 Å². The first kappa shape index (κ1) is 13.5. The molecule has 0 amide bonds. The van der Waals surface area contributed by atoms with E-state index in [1.807, 2.05) is 37.3 Å². The van der Waals surface area contributed by atoms with Gasteiger partial charge in [0.1, 0.15) is 12.4 Å². The first-order valence-electron chi connectivity index (χ1n) is 5.65. The highest BCUT2D eigenvalue weighted by Gasteiger charge is 2.19. The summed E-state index contributed by atoms with van der Waals surface area (Å²) in [5, 5.41) is 0. The van der Waals surface area contributed by atoms with Crippen molar-refractivity contribution in [3.8, 4) is 5.75 Å². The molecule has 4 heteroatoms. The summed E-state index contributed by atoms with van der Waals surface area (Å²) in [4.78, 5) is 11.7. The van der Waals surface area contributed by atoms with E-state index in [-0.39, 0.29) is 12.6 Å². The average Bonchev–Trinajstić information content (AvgIpc) is 2.37. The maximum absolute atomic E-state index is 11.7. The number of carbonyl (C=O) groups is 1. The van der Waals surface area contributed by atoms with Crippen molar-refractivity contribution in [3.05, 3.63) is 30.3 Å². The highest BCUT2D eigenvalue weighted by molar-refractivity contribution is 5.75. The van der Waals surface area contributed by atoms with Crippen LogP contribution in [0.15, 0.2) is 30.3 Å². The van der Waals surface area contributed by atoms with E-state index in [1.54, 1.807) is 7.11 Å². The lowest BCUT2D eigenvalue weighted by molar-refractivity contribution is -0.153. The number of rotatable bonds is 7. The molecule has 0 saturated heterocycles. The van der Waals surface area contributed by atoms with Gasteiger partial charge in [0.05, 0.1) is 6.61 Å². The van der Waals surface area contributed by atoms with E-state index in [4.69, 9.17) is 14.2 Å². The van der Waals surface area contributed by atoms with Gasteiger partial charge in [-0.25, -0.2) is 4.79 Å². The second kappa shape index (κ2) is 7.68. The molecule has 0 aliphatic rings. The molecule has 0 saturated carbocycles. The number of benzene rings is 1. The van der Waals surface area contributed by atoms with Gasteiger partial charge in [0, 0.05) is 7.11 Å². The van der Waals surface area contributed by atoms with Crippen LogP contribution in [0.2, 0.25) is 0 Å². The third-order valence-electron chi connectivity index (χ3n) is 2.19. The summed E-state index contributed by atoms with van der Waals surface area (Å²) in [6.45, 7) is 2.53. The van der Waals surface area contributed by atoms with Gasteiger partial charge >= 0.3 is 5.97 Å². The number of carbonyl (C=O) groups excluding carboxylic acids is 1. The molecular weight excluding hydrogens is 220 g/mol. The van der Waals surface area contributed by atoms with Gasteiger partial charge in [0.15, 0.2) is 6.10 Å². The molecule has 0 radical (unpaired) electrons. The van der Waals surface area contributed by atoms with E-state index in [9.17, 15) is 4.79 Å². The lowest BCUT2D eigenvalue weighted by Gasteiger charge is -2.16. The molecule has 0 aromatic heterocycles. The highest BCUT2D eigenvalue weighted by Crippen LogP contribution is 2.13. The van der Waals surface area contributed by atoms with Crippen molar-refractivity contribution < 1.29 is 19.0 Å². The van der Waals surface area contributed by atoms with E-state index < -0.39 is 6.10 Å². The number of esters is 1. The van der Waals surface area contributed by atoms with Crippen molar-refractivity contribution in [1.82, 2.24) is 0 Å². The van der Waals surface area contributed by atoms with Gasteiger partial charge in [-0.05, 0) is 18.6 Å². The second-order valence-corrected chi connectivity index (χ2v) is 3.49. The van der Waals surface area contributed by atoms with Crippen molar-refractivity contribution >= 4 is 5.97 Å². The van der Waals surface area contributed by atoms with Crippen LogP contribution >= 0.6 is 0 Å². The Labute approximate surface area is 101 Å². The van der Waals surface area contributed by atoms with E-state index >= 15 is 0 Å². The topological polar surface area (TPSA) is 44.8 Å². The molecule has 0 spiro atoms. The summed E-state index contributed by atoms with van der Waals surface area (Å²) in [6, 6.07) is 9.23. The Morgan fingerprint density at radius 2 is 1.94 bits per heavy atom. The SMILES string of the molecule is CCC(Oc1ccccc1)C(=O)OCCOC. The van der Waals surface area contributed by atoms with Gasteiger partial charge in [0.2, 0.25) is 0 Å². The number of hydrogen-bond donors (Lipinski definition) is 0. The number of ether oxygens (including phenoxy) is 3. The molecule has 0 aliphatic heterocycles. The Morgan fingerprint density at radius 1 is 1.24 bits per heavy atom. The lowest BCUT2D eigenvalue weighted by Crippen LogP contribution is -2.29. The molecule has 0 bridgehead atoms. The Kier molecular flexibility index (Phi) is 6.10. The minimum atomic E-state index is -0.561. The van der Waals surface area contributed by atoms with Gasteiger partial charge in [-0.1, -0.05) is 25.1 Å². The van der Waals surface area contributed by atoms with E-state index in [1.165, 1.54) is 0 Å². The maximum atomic E-state index is 11.7. The third-order valence-corrected chi connectivity index (χ3v) is 2.19. The average molecular weight is 238 g/mol. The minimum Gasteiger partial charge on any atom is -0.479 e. The van der Waals surface area contributed by atoms with Crippen LogP contribution < -0.4 is 4.74 Å². The predicted octanol–water partition coefficient (Wildman–Crippen LogP) is 2.03. The van der Waals surface area contributed by atoms with Crippen LogP contribution in [0.4, 0.5) is 0 Å². The van der Waals surface area contributed by atoms with Crippen molar-refractivity contribution in [2.24, 2.45) is 0 Å². The van der Waals surface area contributed by atoms with Crippen molar-refractivity contribution in [2.45, 2.75) is 19.4 Å². The zero-order valence-electron chi connectivity index (χ0n) is 10.2. The predicted molar refractivity (Wildman–Crippen MR) is 64.0 cm³/mol. The Hall–Kier alpha value is -1.55. The standard InChI is InChI=1S/C13H18O4/c1-3-12(13(14)16-10-9-15-2)17-11-7-5-4-6-8-11/h4-8,12H,3,9-10H2,1-2H3. The summed E-state index contributed by atoms with van der Waals surface area (Å²) in [6.07, 6.45) is 0.00927. The number of hydrogen-bond acceptors (Lipinski definition) is 4. The number of methoxy groups -OCH3 is 1. The molecule has 1 rings (SSSR count). The molecule has 1 unspecified atom stereocenters. The Bertz CT molecular complexity index is 323. The fraction of sp³-hybridized carbons (Fsp3) is 0.462. The molecule has 1 atom stereocenters. The van der Waals surface area contributed by atoms with Crippen LogP contribution in [-0.2, 0) is 14.3 Å². The van der Waals surface area contributed by atoms with E-state index in [0.717, 1.165) is 0 Å². The summed E-state index contributed by atoms with van der Waals surface area (Å²) < 4.78 is 15.4. The Morgan fingerprint density at radius 3 is 2.53 bits per heavy atom. The molecule has 0 aliphatic carbocycles. The molecule has 0 fully saturated rings. The van der Waals surface area contributed by atoms with Crippen LogP contribution in [0.1, 0.15) is 13.3 Å². The second-order valence-electron chi connectivity index (χ2n) is 3.49. The van der Waals surface area contributed by atoms with Gasteiger partial charge in [-0.2, -0.15) is 0 Å². The molecule has 17 heavy (non-hydrogen) atoms. The minimum absolute atomic E-state index is 0.254. The monoisotopic (exact) mass is 238 g/mol.